The van der Waals surface area contributed by atoms with E-state index in [2.05, 4.69) is 50.7 Å². The van der Waals surface area contributed by atoms with Gasteiger partial charge in [0.05, 0.1) is 5.39 Å². The molecule has 1 saturated heterocycles. The minimum Gasteiger partial charge on any atom is -0.490 e. The van der Waals surface area contributed by atoms with Crippen LogP contribution in [0.2, 0.25) is 0 Å². The van der Waals surface area contributed by atoms with Gasteiger partial charge in [-0.25, -0.2) is 0 Å². The normalized spacial score (nSPS) is 14.9. The molecule has 4 aromatic rings. The first-order chi connectivity index (χ1) is 16.6. The second kappa shape index (κ2) is 14.3. The lowest BCUT2D eigenvalue weighted by Crippen LogP contribution is -2.45. The van der Waals surface area contributed by atoms with Gasteiger partial charge in [0.25, 0.3) is 5.89 Å². The molecular formula is C26H34Cl2N4O5. The number of halogens is 2. The molecule has 5 rings (SSSR count). The largest absolute Gasteiger partial charge is 0.490 e. The maximum atomic E-state index is 10.5. The molecule has 0 saturated carbocycles. The fourth-order valence-electron chi connectivity index (χ4n) is 4.35. The summed E-state index contributed by atoms with van der Waals surface area (Å²) in [5.74, 6) is 1.95. The highest BCUT2D eigenvalue weighted by molar-refractivity contribution is 5.87. The predicted molar refractivity (Wildman–Crippen MR) is 147 cm³/mol. The van der Waals surface area contributed by atoms with E-state index in [9.17, 15) is 5.11 Å². The number of aliphatic hydroxyl groups is 1. The van der Waals surface area contributed by atoms with Gasteiger partial charge >= 0.3 is 0 Å². The molecule has 1 atom stereocenters. The Labute approximate surface area is 228 Å². The highest BCUT2D eigenvalue weighted by Crippen LogP contribution is 2.33. The molecule has 9 nitrogen and oxygen atoms in total. The van der Waals surface area contributed by atoms with Crippen LogP contribution in [0, 0.1) is 6.92 Å². The topological polar surface area (TPSA) is 128 Å². The fraction of sp³-hybridized carbons (Fsp3) is 0.385. The number of rotatable bonds is 9. The van der Waals surface area contributed by atoms with E-state index in [4.69, 9.17) is 13.6 Å². The van der Waals surface area contributed by atoms with Crippen molar-refractivity contribution in [3.05, 3.63) is 66.1 Å². The number of piperidine rings is 1. The van der Waals surface area contributed by atoms with Gasteiger partial charge in [-0.05, 0) is 43.6 Å². The molecule has 1 aliphatic heterocycles. The fourth-order valence-corrected chi connectivity index (χ4v) is 4.35. The number of nitrogens with zero attached hydrogens (tertiary/aromatic N) is 3. The molecule has 2 aromatic heterocycles. The summed E-state index contributed by atoms with van der Waals surface area (Å²) in [6.07, 6.45) is 1.54. The third-order valence-corrected chi connectivity index (χ3v) is 6.17. The van der Waals surface area contributed by atoms with Crippen molar-refractivity contribution in [1.82, 2.24) is 20.4 Å². The molecule has 0 aliphatic carbocycles. The number of ether oxygens (including phenoxy) is 1. The number of furan rings is 1. The molecule has 4 N–H and O–H groups in total. The van der Waals surface area contributed by atoms with Crippen LogP contribution < -0.4 is 10.1 Å². The summed E-state index contributed by atoms with van der Waals surface area (Å²) in [5, 5.41) is 22.7. The summed E-state index contributed by atoms with van der Waals surface area (Å²) in [7, 11) is 0. The van der Waals surface area contributed by atoms with Crippen LogP contribution in [0.4, 0.5) is 0 Å². The van der Waals surface area contributed by atoms with Crippen LogP contribution in [-0.4, -0.2) is 64.1 Å². The zero-order valence-electron chi connectivity index (χ0n) is 20.6. The van der Waals surface area contributed by atoms with E-state index in [0.717, 1.165) is 37.9 Å². The Morgan fingerprint density at radius 1 is 1.05 bits per heavy atom. The average Bonchev–Trinajstić information content (AvgIpc) is 3.49. The summed E-state index contributed by atoms with van der Waals surface area (Å²) in [6, 6.07) is 18.4. The number of aliphatic hydroxyl groups excluding tert-OH is 1. The third kappa shape index (κ3) is 7.91. The quantitative estimate of drug-likeness (QED) is 0.320. The van der Waals surface area contributed by atoms with Gasteiger partial charge in [0, 0.05) is 32.1 Å². The van der Waals surface area contributed by atoms with Gasteiger partial charge < -0.3 is 29.5 Å². The number of hydrogen-bond acceptors (Lipinski definition) is 8. The van der Waals surface area contributed by atoms with E-state index >= 15 is 0 Å². The Morgan fingerprint density at radius 2 is 1.81 bits per heavy atom. The maximum Gasteiger partial charge on any atom is 0.283 e. The van der Waals surface area contributed by atoms with Crippen LogP contribution in [0.15, 0.2) is 63.4 Å². The Kier molecular flexibility index (Phi) is 11.8. The van der Waals surface area contributed by atoms with Gasteiger partial charge in [-0.2, -0.15) is 0 Å². The molecule has 1 aliphatic rings. The van der Waals surface area contributed by atoms with Crippen molar-refractivity contribution in [1.29, 1.82) is 0 Å². The molecule has 2 aromatic carbocycles. The standard InChI is InChI=1S/C26H30N4O4.2ClH.H2O/c1-18-28-29-26(33-18)25-14-22-23(8-5-9-24(22)34-25)32-17-21(31)15-27-20-10-12-30(13-11-20)16-19-6-3-2-4-7-19;;;/h2-9,14,20-21,27,31H,10-13,15-17H2,1H3;2*1H;1H2/t21-;;;/m0.../s1. The molecule has 0 bridgehead atoms. The predicted octanol–water partition coefficient (Wildman–Crippen LogP) is 3.80. The molecule has 202 valence electrons. The SMILES string of the molecule is Cc1nnc(-c2cc3c(OC[C@@H](O)CNC4CCN(Cc5ccccc5)CC4)cccc3o2)o1.Cl.Cl.O. The number of benzene rings is 2. The van der Waals surface area contributed by atoms with Gasteiger partial charge in [0.1, 0.15) is 24.0 Å². The Hall–Kier alpha value is -2.66. The third-order valence-electron chi connectivity index (χ3n) is 6.17. The van der Waals surface area contributed by atoms with Crippen LogP contribution >= 0.6 is 24.8 Å². The average molecular weight is 553 g/mol. The second-order valence-corrected chi connectivity index (χ2v) is 8.81. The number of fused-ring (bicyclic) bond motifs is 1. The van der Waals surface area contributed by atoms with E-state index in [0.29, 0.717) is 41.5 Å². The zero-order valence-corrected chi connectivity index (χ0v) is 22.3. The van der Waals surface area contributed by atoms with Crippen LogP contribution in [0.25, 0.3) is 22.6 Å². The Bertz CT molecular complexity index is 1210. The lowest BCUT2D eigenvalue weighted by Gasteiger charge is -2.33. The Morgan fingerprint density at radius 3 is 2.51 bits per heavy atom. The molecule has 0 radical (unpaired) electrons. The van der Waals surface area contributed by atoms with Crippen LogP contribution in [-0.2, 0) is 6.54 Å². The van der Waals surface area contributed by atoms with E-state index in [-0.39, 0.29) is 36.9 Å². The molecule has 0 unspecified atom stereocenters. The van der Waals surface area contributed by atoms with Crippen LogP contribution in [0.5, 0.6) is 5.75 Å². The first-order valence-corrected chi connectivity index (χ1v) is 11.8. The van der Waals surface area contributed by atoms with Crippen LogP contribution in [0.3, 0.4) is 0 Å². The highest BCUT2D eigenvalue weighted by atomic mass is 35.5. The molecule has 37 heavy (non-hydrogen) atoms. The second-order valence-electron chi connectivity index (χ2n) is 8.81. The van der Waals surface area contributed by atoms with Gasteiger partial charge in [-0.1, -0.05) is 36.4 Å². The number of nitrogens with one attached hydrogen (secondary N) is 1. The molecule has 1 fully saturated rings. The van der Waals surface area contributed by atoms with Crippen LogP contribution in [0.1, 0.15) is 24.3 Å². The minimum absolute atomic E-state index is 0. The first-order valence-electron chi connectivity index (χ1n) is 11.8. The molecule has 0 amide bonds. The van der Waals surface area contributed by atoms with Crippen molar-refractivity contribution < 1.29 is 24.2 Å². The highest BCUT2D eigenvalue weighted by Gasteiger charge is 2.20. The van der Waals surface area contributed by atoms with E-state index in [1.54, 1.807) is 6.92 Å². The van der Waals surface area contributed by atoms with Crippen molar-refractivity contribution in [2.45, 2.75) is 38.5 Å². The van der Waals surface area contributed by atoms with Crippen molar-refractivity contribution in [3.8, 4) is 17.4 Å². The summed E-state index contributed by atoms with van der Waals surface area (Å²) >= 11 is 0. The van der Waals surface area contributed by atoms with Crippen molar-refractivity contribution in [3.63, 3.8) is 0 Å². The minimum atomic E-state index is -0.609. The maximum absolute atomic E-state index is 10.5. The first kappa shape index (κ1) is 30.6. The number of aryl methyl sites for hydroxylation is 1. The van der Waals surface area contributed by atoms with Gasteiger partial charge in [-0.3, -0.25) is 4.90 Å². The van der Waals surface area contributed by atoms with Crippen molar-refractivity contribution in [2.75, 3.05) is 26.2 Å². The molecule has 3 heterocycles. The lowest BCUT2D eigenvalue weighted by molar-refractivity contribution is 0.0986. The van der Waals surface area contributed by atoms with E-state index in [1.807, 2.05) is 24.3 Å². The number of likely N-dealkylation sites (tertiary alicyclic amines) is 1. The summed E-state index contributed by atoms with van der Waals surface area (Å²) < 4.78 is 17.2. The van der Waals surface area contributed by atoms with E-state index < -0.39 is 6.10 Å². The van der Waals surface area contributed by atoms with Gasteiger partial charge in [-0.15, -0.1) is 35.0 Å². The van der Waals surface area contributed by atoms with E-state index in [1.165, 1.54) is 5.56 Å². The Balaban J connectivity index is 0.00000160. The summed E-state index contributed by atoms with van der Waals surface area (Å²) in [5.41, 5.74) is 2.02. The number of aromatic nitrogens is 2. The summed E-state index contributed by atoms with van der Waals surface area (Å²) in [6.45, 7) is 5.54. The molecule has 0 spiro atoms. The monoisotopic (exact) mass is 552 g/mol. The smallest absolute Gasteiger partial charge is 0.283 e. The molecule has 11 heteroatoms. The number of hydrogen-bond donors (Lipinski definition) is 2. The van der Waals surface area contributed by atoms with Gasteiger partial charge in [0.15, 0.2) is 5.76 Å². The van der Waals surface area contributed by atoms with Crippen molar-refractivity contribution >= 4 is 35.8 Å². The zero-order chi connectivity index (χ0) is 23.3. The molecular weight excluding hydrogens is 519 g/mol. The van der Waals surface area contributed by atoms with Gasteiger partial charge in [0.2, 0.25) is 5.89 Å². The van der Waals surface area contributed by atoms with Crippen molar-refractivity contribution in [2.24, 2.45) is 0 Å². The lowest BCUT2D eigenvalue weighted by atomic mass is 10.0. The summed E-state index contributed by atoms with van der Waals surface area (Å²) in [4.78, 5) is 2.49.